The van der Waals surface area contributed by atoms with E-state index in [2.05, 4.69) is 31.1 Å². The molecular weight excluding hydrogens is 239 g/mol. The van der Waals surface area contributed by atoms with Gasteiger partial charge < -0.3 is 10.2 Å². The number of hydrogen-bond acceptors (Lipinski definition) is 2. The van der Waals surface area contributed by atoms with Gasteiger partial charge in [0.05, 0.1) is 0 Å². The standard InChI is InChI=1S/C16H25FN2/c1-12(2)19(3)10-4-9-18-16-8-5-13-11-14(17)6-7-15(13)16/h6-7,11-12,16,18H,4-5,8-10H2,1-3H3. The second kappa shape index (κ2) is 6.49. The minimum atomic E-state index is -0.113. The Hall–Kier alpha value is -0.930. The Labute approximate surface area is 116 Å². The van der Waals surface area contributed by atoms with E-state index >= 15 is 0 Å². The Morgan fingerprint density at radius 3 is 2.95 bits per heavy atom. The Morgan fingerprint density at radius 1 is 1.42 bits per heavy atom. The zero-order valence-corrected chi connectivity index (χ0v) is 12.2. The van der Waals surface area contributed by atoms with Crippen LogP contribution in [0.1, 0.15) is 43.9 Å². The summed E-state index contributed by atoms with van der Waals surface area (Å²) < 4.78 is 13.1. The summed E-state index contributed by atoms with van der Waals surface area (Å²) in [6.07, 6.45) is 3.25. The first-order chi connectivity index (χ1) is 9.08. The summed E-state index contributed by atoms with van der Waals surface area (Å²) in [7, 11) is 2.16. The first-order valence-electron chi connectivity index (χ1n) is 7.30. The van der Waals surface area contributed by atoms with Gasteiger partial charge in [-0.3, -0.25) is 0 Å². The lowest BCUT2D eigenvalue weighted by Crippen LogP contribution is -2.30. The highest BCUT2D eigenvalue weighted by atomic mass is 19.1. The minimum Gasteiger partial charge on any atom is -0.310 e. The fourth-order valence-corrected chi connectivity index (χ4v) is 2.66. The van der Waals surface area contributed by atoms with E-state index in [1.54, 1.807) is 12.1 Å². The predicted octanol–water partition coefficient (Wildman–Crippen LogP) is 3.13. The van der Waals surface area contributed by atoms with Crippen LogP contribution in [0.4, 0.5) is 4.39 Å². The smallest absolute Gasteiger partial charge is 0.123 e. The highest BCUT2D eigenvalue weighted by Crippen LogP contribution is 2.31. The van der Waals surface area contributed by atoms with Crippen molar-refractivity contribution in [1.29, 1.82) is 0 Å². The van der Waals surface area contributed by atoms with Gasteiger partial charge in [0.25, 0.3) is 0 Å². The molecule has 3 heteroatoms. The maximum absolute atomic E-state index is 13.1. The average Bonchev–Trinajstić information content (AvgIpc) is 2.76. The molecule has 1 atom stereocenters. The van der Waals surface area contributed by atoms with Crippen molar-refractivity contribution in [3.8, 4) is 0 Å². The number of halogens is 1. The first-order valence-corrected chi connectivity index (χ1v) is 7.30. The van der Waals surface area contributed by atoms with Gasteiger partial charge in [-0.05, 0) is 76.5 Å². The zero-order valence-electron chi connectivity index (χ0n) is 12.2. The van der Waals surface area contributed by atoms with E-state index in [0.29, 0.717) is 12.1 Å². The number of aryl methyl sites for hydroxylation is 1. The molecule has 0 radical (unpaired) electrons. The third-order valence-electron chi connectivity index (χ3n) is 4.14. The van der Waals surface area contributed by atoms with Gasteiger partial charge in [-0.1, -0.05) is 6.07 Å². The number of nitrogens with one attached hydrogen (secondary N) is 1. The summed E-state index contributed by atoms with van der Waals surface area (Å²) >= 11 is 0. The van der Waals surface area contributed by atoms with Gasteiger partial charge in [0.15, 0.2) is 0 Å². The molecule has 0 heterocycles. The highest BCUT2D eigenvalue weighted by molar-refractivity contribution is 5.34. The Morgan fingerprint density at radius 2 is 2.21 bits per heavy atom. The molecule has 0 aromatic heterocycles. The maximum Gasteiger partial charge on any atom is 0.123 e. The van der Waals surface area contributed by atoms with Crippen LogP contribution in [0, 0.1) is 5.82 Å². The van der Waals surface area contributed by atoms with Crippen LogP contribution in [0.3, 0.4) is 0 Å². The third kappa shape index (κ3) is 3.77. The normalized spacial score (nSPS) is 18.3. The van der Waals surface area contributed by atoms with Crippen molar-refractivity contribution in [1.82, 2.24) is 10.2 Å². The van der Waals surface area contributed by atoms with Crippen molar-refractivity contribution < 1.29 is 4.39 Å². The molecule has 19 heavy (non-hydrogen) atoms. The highest BCUT2D eigenvalue weighted by Gasteiger charge is 2.21. The van der Waals surface area contributed by atoms with Gasteiger partial charge in [-0.25, -0.2) is 4.39 Å². The number of nitrogens with zero attached hydrogens (tertiary/aromatic N) is 1. The molecule has 1 aromatic carbocycles. The van der Waals surface area contributed by atoms with E-state index < -0.39 is 0 Å². The molecule has 1 aliphatic rings. The number of hydrogen-bond donors (Lipinski definition) is 1. The molecule has 0 bridgehead atoms. The van der Waals surface area contributed by atoms with E-state index in [1.807, 2.05) is 6.07 Å². The molecule has 2 nitrogen and oxygen atoms in total. The number of rotatable bonds is 6. The lowest BCUT2D eigenvalue weighted by Gasteiger charge is -2.21. The SMILES string of the molecule is CC(C)N(C)CCCNC1CCc2cc(F)ccc21. The fraction of sp³-hybridized carbons (Fsp3) is 0.625. The molecule has 0 saturated carbocycles. The number of fused-ring (bicyclic) bond motifs is 1. The molecule has 0 spiro atoms. The molecule has 106 valence electrons. The van der Waals surface area contributed by atoms with Crippen LogP contribution >= 0.6 is 0 Å². The quantitative estimate of drug-likeness (QED) is 0.794. The van der Waals surface area contributed by atoms with Crippen LogP contribution in [0.15, 0.2) is 18.2 Å². The van der Waals surface area contributed by atoms with Gasteiger partial charge in [-0.15, -0.1) is 0 Å². The largest absolute Gasteiger partial charge is 0.310 e. The Kier molecular flexibility index (Phi) is 4.94. The lowest BCUT2D eigenvalue weighted by molar-refractivity contribution is 0.267. The van der Waals surface area contributed by atoms with Crippen molar-refractivity contribution in [3.63, 3.8) is 0 Å². The third-order valence-corrected chi connectivity index (χ3v) is 4.14. The summed E-state index contributed by atoms with van der Waals surface area (Å²) in [5, 5.41) is 3.60. The first kappa shape index (κ1) is 14.5. The molecule has 1 aromatic rings. The van der Waals surface area contributed by atoms with E-state index in [-0.39, 0.29) is 5.82 Å². The van der Waals surface area contributed by atoms with Crippen LogP contribution in [0.2, 0.25) is 0 Å². The van der Waals surface area contributed by atoms with Gasteiger partial charge >= 0.3 is 0 Å². The van der Waals surface area contributed by atoms with Crippen molar-refractivity contribution in [2.75, 3.05) is 20.1 Å². The molecule has 0 fully saturated rings. The summed E-state index contributed by atoms with van der Waals surface area (Å²) in [6, 6.07) is 6.22. The average molecular weight is 264 g/mol. The molecule has 1 unspecified atom stereocenters. The minimum absolute atomic E-state index is 0.113. The number of benzene rings is 1. The zero-order chi connectivity index (χ0) is 13.8. The Balaban J connectivity index is 1.77. The van der Waals surface area contributed by atoms with Crippen molar-refractivity contribution in [3.05, 3.63) is 35.1 Å². The molecule has 0 amide bonds. The van der Waals surface area contributed by atoms with E-state index in [0.717, 1.165) is 32.4 Å². The lowest BCUT2D eigenvalue weighted by atomic mass is 10.1. The van der Waals surface area contributed by atoms with E-state index in [9.17, 15) is 4.39 Å². The van der Waals surface area contributed by atoms with Crippen LogP contribution in [-0.4, -0.2) is 31.1 Å². The summed E-state index contributed by atoms with van der Waals surface area (Å²) in [6.45, 7) is 6.58. The van der Waals surface area contributed by atoms with E-state index in [4.69, 9.17) is 0 Å². The molecule has 1 aliphatic carbocycles. The van der Waals surface area contributed by atoms with Gasteiger partial charge in [-0.2, -0.15) is 0 Å². The van der Waals surface area contributed by atoms with Crippen LogP contribution in [0.5, 0.6) is 0 Å². The molecule has 0 saturated heterocycles. The molecule has 1 N–H and O–H groups in total. The van der Waals surface area contributed by atoms with Crippen molar-refractivity contribution >= 4 is 0 Å². The van der Waals surface area contributed by atoms with Crippen LogP contribution in [0.25, 0.3) is 0 Å². The fourth-order valence-electron chi connectivity index (χ4n) is 2.66. The monoisotopic (exact) mass is 264 g/mol. The maximum atomic E-state index is 13.1. The second-order valence-electron chi connectivity index (χ2n) is 5.82. The molecular formula is C16H25FN2. The van der Waals surface area contributed by atoms with Gasteiger partial charge in [0.2, 0.25) is 0 Å². The molecule has 0 aliphatic heterocycles. The second-order valence-corrected chi connectivity index (χ2v) is 5.82. The van der Waals surface area contributed by atoms with Crippen LogP contribution < -0.4 is 5.32 Å². The summed E-state index contributed by atoms with van der Waals surface area (Å²) in [4.78, 5) is 2.36. The van der Waals surface area contributed by atoms with Crippen molar-refractivity contribution in [2.24, 2.45) is 0 Å². The molecule has 2 rings (SSSR count). The predicted molar refractivity (Wildman–Crippen MR) is 77.8 cm³/mol. The Bertz CT molecular complexity index is 417. The topological polar surface area (TPSA) is 15.3 Å². The van der Waals surface area contributed by atoms with E-state index in [1.165, 1.54) is 11.1 Å². The van der Waals surface area contributed by atoms with Gasteiger partial charge in [0, 0.05) is 12.1 Å². The van der Waals surface area contributed by atoms with Crippen molar-refractivity contribution in [2.45, 2.75) is 45.2 Å². The summed E-state index contributed by atoms with van der Waals surface area (Å²) in [5.74, 6) is -0.113. The van der Waals surface area contributed by atoms with Crippen LogP contribution in [-0.2, 0) is 6.42 Å². The van der Waals surface area contributed by atoms with Gasteiger partial charge in [0.1, 0.15) is 5.82 Å². The summed E-state index contributed by atoms with van der Waals surface area (Å²) in [5.41, 5.74) is 2.47.